The van der Waals surface area contributed by atoms with Crippen molar-refractivity contribution in [1.82, 2.24) is 15.4 Å². The predicted molar refractivity (Wildman–Crippen MR) is 73.5 cm³/mol. The molecule has 2 aromatic carbocycles. The first-order valence-electron chi connectivity index (χ1n) is 6.56. The van der Waals surface area contributed by atoms with Gasteiger partial charge in [-0.25, -0.2) is 4.63 Å². The van der Waals surface area contributed by atoms with Crippen LogP contribution in [0.25, 0.3) is 11.0 Å². The Balaban J connectivity index is 1.55. The van der Waals surface area contributed by atoms with Gasteiger partial charge in [-0.05, 0) is 40.1 Å². The Morgan fingerprint density at radius 3 is 2.36 bits per heavy atom. The lowest BCUT2D eigenvalue weighted by atomic mass is 10.1. The van der Waals surface area contributed by atoms with E-state index < -0.39 is 11.8 Å². The van der Waals surface area contributed by atoms with Crippen molar-refractivity contribution in [3.05, 3.63) is 59.2 Å². The third kappa shape index (κ3) is 1.87. The van der Waals surface area contributed by atoms with Crippen molar-refractivity contribution < 1.29 is 19.1 Å². The summed E-state index contributed by atoms with van der Waals surface area (Å²) in [4.78, 5) is 29.7. The normalized spacial score (nSPS) is 13.9. The Kier molecular flexibility index (Phi) is 2.73. The van der Waals surface area contributed by atoms with E-state index >= 15 is 0 Å². The molecule has 1 aromatic heterocycles. The fourth-order valence-electron chi connectivity index (χ4n) is 2.34. The smallest absolute Gasteiger partial charge is 0.266 e. The molecule has 0 saturated heterocycles. The number of carbonyl (C=O) groups excluding carboxylic acids is 2. The lowest BCUT2D eigenvalue weighted by Crippen LogP contribution is -2.29. The van der Waals surface area contributed by atoms with E-state index in [0.717, 1.165) is 10.6 Å². The highest BCUT2D eigenvalue weighted by Crippen LogP contribution is 2.23. The molecule has 1 aliphatic rings. The van der Waals surface area contributed by atoms with Crippen molar-refractivity contribution in [3.8, 4) is 0 Å². The highest BCUT2D eigenvalue weighted by Gasteiger charge is 2.36. The van der Waals surface area contributed by atoms with Crippen LogP contribution in [0.5, 0.6) is 0 Å². The van der Waals surface area contributed by atoms with Crippen LogP contribution in [0.4, 0.5) is 0 Å². The second-order valence-corrected chi connectivity index (χ2v) is 4.81. The molecule has 22 heavy (non-hydrogen) atoms. The van der Waals surface area contributed by atoms with Gasteiger partial charge in [-0.3, -0.25) is 14.4 Å². The monoisotopic (exact) mass is 295 g/mol. The molecule has 0 N–H and O–H groups in total. The minimum Gasteiger partial charge on any atom is -0.266 e. The fraction of sp³-hybridized carbons (Fsp3) is 0.0667. The maximum Gasteiger partial charge on any atom is 0.285 e. The van der Waals surface area contributed by atoms with Gasteiger partial charge in [-0.2, -0.15) is 0 Å². The molecule has 0 aliphatic carbocycles. The van der Waals surface area contributed by atoms with Crippen LogP contribution in [0.2, 0.25) is 0 Å². The van der Waals surface area contributed by atoms with Gasteiger partial charge >= 0.3 is 0 Å². The SMILES string of the molecule is O=C1c2ccccc2C(=O)N1OCc1ccc2nonc2c1. The first-order chi connectivity index (χ1) is 10.7. The molecule has 0 fully saturated rings. The van der Waals surface area contributed by atoms with E-state index in [-0.39, 0.29) is 6.61 Å². The first-order valence-corrected chi connectivity index (χ1v) is 6.56. The van der Waals surface area contributed by atoms with Crippen LogP contribution in [0.1, 0.15) is 26.3 Å². The number of benzene rings is 2. The fourth-order valence-corrected chi connectivity index (χ4v) is 2.34. The number of hydrogen-bond donors (Lipinski definition) is 0. The summed E-state index contributed by atoms with van der Waals surface area (Å²) >= 11 is 0. The number of rotatable bonds is 3. The third-order valence-electron chi connectivity index (χ3n) is 3.44. The molecule has 4 rings (SSSR count). The summed E-state index contributed by atoms with van der Waals surface area (Å²) in [6.07, 6.45) is 0. The minimum atomic E-state index is -0.454. The van der Waals surface area contributed by atoms with Crippen molar-refractivity contribution in [2.24, 2.45) is 0 Å². The number of carbonyl (C=O) groups is 2. The highest BCUT2D eigenvalue weighted by atomic mass is 16.7. The molecule has 2 heterocycles. The Hall–Kier alpha value is -3.06. The zero-order chi connectivity index (χ0) is 15.1. The van der Waals surface area contributed by atoms with Gasteiger partial charge in [0.15, 0.2) is 0 Å². The molecule has 0 unspecified atom stereocenters. The number of hydroxylamine groups is 2. The van der Waals surface area contributed by atoms with Crippen LogP contribution in [0, 0.1) is 0 Å². The number of nitrogens with zero attached hydrogens (tertiary/aromatic N) is 3. The van der Waals surface area contributed by atoms with Gasteiger partial charge in [0.05, 0.1) is 11.1 Å². The van der Waals surface area contributed by atoms with E-state index in [1.54, 1.807) is 42.5 Å². The molecule has 1 aliphatic heterocycles. The van der Waals surface area contributed by atoms with Crippen LogP contribution < -0.4 is 0 Å². The molecule has 2 amide bonds. The first kappa shape index (κ1) is 12.7. The summed E-state index contributed by atoms with van der Waals surface area (Å²) in [6, 6.07) is 11.8. The van der Waals surface area contributed by atoms with Crippen molar-refractivity contribution in [2.45, 2.75) is 6.61 Å². The van der Waals surface area contributed by atoms with Crippen molar-refractivity contribution in [3.63, 3.8) is 0 Å². The highest BCUT2D eigenvalue weighted by molar-refractivity contribution is 6.20. The molecule has 0 bridgehead atoms. The molecule has 0 spiro atoms. The van der Waals surface area contributed by atoms with Crippen LogP contribution in [-0.4, -0.2) is 27.2 Å². The quantitative estimate of drug-likeness (QED) is 0.686. The number of imide groups is 1. The van der Waals surface area contributed by atoms with Crippen LogP contribution in [0.15, 0.2) is 47.1 Å². The number of amides is 2. The van der Waals surface area contributed by atoms with Gasteiger partial charge in [-0.15, -0.1) is 5.06 Å². The molecule has 7 heteroatoms. The van der Waals surface area contributed by atoms with Gasteiger partial charge in [-0.1, -0.05) is 18.2 Å². The van der Waals surface area contributed by atoms with E-state index in [0.29, 0.717) is 22.2 Å². The molecule has 7 nitrogen and oxygen atoms in total. The molecule has 3 aromatic rings. The van der Waals surface area contributed by atoms with Crippen LogP contribution in [0.3, 0.4) is 0 Å². The molecule has 0 saturated carbocycles. The van der Waals surface area contributed by atoms with E-state index in [9.17, 15) is 9.59 Å². The Morgan fingerprint density at radius 1 is 0.955 bits per heavy atom. The maximum atomic E-state index is 12.1. The summed E-state index contributed by atoms with van der Waals surface area (Å²) in [7, 11) is 0. The van der Waals surface area contributed by atoms with Crippen molar-refractivity contribution in [2.75, 3.05) is 0 Å². The molecule has 0 radical (unpaired) electrons. The van der Waals surface area contributed by atoms with E-state index in [1.807, 2.05) is 0 Å². The van der Waals surface area contributed by atoms with Gasteiger partial charge in [0.25, 0.3) is 11.8 Å². The summed E-state index contributed by atoms with van der Waals surface area (Å²) in [5.74, 6) is -0.908. The lowest BCUT2D eigenvalue weighted by Gasteiger charge is -2.13. The lowest BCUT2D eigenvalue weighted by molar-refractivity contribution is -0.101. The summed E-state index contributed by atoms with van der Waals surface area (Å²) in [5, 5.41) is 8.22. The van der Waals surface area contributed by atoms with Crippen LogP contribution in [-0.2, 0) is 11.4 Å². The second kappa shape index (κ2) is 4.74. The van der Waals surface area contributed by atoms with Crippen molar-refractivity contribution in [1.29, 1.82) is 0 Å². The predicted octanol–water partition coefficient (Wildman–Crippen LogP) is 1.95. The average molecular weight is 295 g/mol. The Morgan fingerprint density at radius 2 is 1.64 bits per heavy atom. The van der Waals surface area contributed by atoms with E-state index in [4.69, 9.17) is 4.84 Å². The van der Waals surface area contributed by atoms with Gasteiger partial charge < -0.3 is 0 Å². The minimum absolute atomic E-state index is 0.0638. The van der Waals surface area contributed by atoms with Gasteiger partial charge in [0.1, 0.15) is 17.6 Å². The third-order valence-corrected chi connectivity index (χ3v) is 3.44. The van der Waals surface area contributed by atoms with E-state index in [2.05, 4.69) is 14.9 Å². The summed E-state index contributed by atoms with van der Waals surface area (Å²) in [5.41, 5.74) is 2.67. The number of hydrogen-bond acceptors (Lipinski definition) is 6. The van der Waals surface area contributed by atoms with E-state index in [1.165, 1.54) is 0 Å². The average Bonchev–Trinajstić information content (AvgIpc) is 3.10. The topological polar surface area (TPSA) is 85.5 Å². The van der Waals surface area contributed by atoms with Gasteiger partial charge in [0, 0.05) is 0 Å². The standard InChI is InChI=1S/C15H9N3O4/c19-14-10-3-1-2-4-11(10)15(20)18(14)21-8-9-5-6-12-13(7-9)17-22-16-12/h1-7H,8H2. The zero-order valence-electron chi connectivity index (χ0n) is 11.2. The summed E-state index contributed by atoms with van der Waals surface area (Å²) < 4.78 is 4.61. The molecular formula is C15H9N3O4. The summed E-state index contributed by atoms with van der Waals surface area (Å²) in [6.45, 7) is 0.0638. The zero-order valence-corrected chi connectivity index (χ0v) is 11.2. The van der Waals surface area contributed by atoms with Crippen LogP contribution >= 0.6 is 0 Å². The largest absolute Gasteiger partial charge is 0.285 e. The molecular weight excluding hydrogens is 286 g/mol. The van der Waals surface area contributed by atoms with Gasteiger partial charge in [0.2, 0.25) is 0 Å². The number of aromatic nitrogens is 2. The maximum absolute atomic E-state index is 12.1. The van der Waals surface area contributed by atoms with Crippen molar-refractivity contribution >= 4 is 22.8 Å². The number of fused-ring (bicyclic) bond motifs is 2. The second-order valence-electron chi connectivity index (χ2n) is 4.81. The molecule has 0 atom stereocenters. The Labute approximate surface area is 124 Å². The molecule has 108 valence electrons. The Bertz CT molecular complexity index is 867.